The maximum atomic E-state index is 5.23. The van der Waals surface area contributed by atoms with E-state index in [0.29, 0.717) is 0 Å². The van der Waals surface area contributed by atoms with E-state index in [1.54, 1.807) is 18.4 Å². The summed E-state index contributed by atoms with van der Waals surface area (Å²) in [4.78, 5) is 1.33. The molecule has 0 aliphatic carbocycles. The van der Waals surface area contributed by atoms with Crippen LogP contribution in [0.3, 0.4) is 0 Å². The van der Waals surface area contributed by atoms with Crippen molar-refractivity contribution in [3.05, 3.63) is 15.4 Å². The molecular formula is C10H16BrNOS. The van der Waals surface area contributed by atoms with Gasteiger partial charge in [-0.1, -0.05) is 0 Å². The number of ether oxygens (including phenoxy) is 1. The van der Waals surface area contributed by atoms with E-state index in [4.69, 9.17) is 4.74 Å². The molecule has 0 aromatic carbocycles. The molecule has 1 N–H and O–H groups in total. The van der Waals surface area contributed by atoms with Crippen molar-refractivity contribution in [3.8, 4) is 5.06 Å². The molecule has 0 saturated heterocycles. The van der Waals surface area contributed by atoms with Crippen LogP contribution in [-0.4, -0.2) is 19.7 Å². The molecule has 0 aliphatic heterocycles. The SMILES string of the molecule is CNC(C)(C)Cc1cc(Br)c(OC)s1. The van der Waals surface area contributed by atoms with E-state index >= 15 is 0 Å². The molecule has 0 atom stereocenters. The second-order valence-corrected chi connectivity index (χ2v) is 5.82. The van der Waals surface area contributed by atoms with E-state index < -0.39 is 0 Å². The number of nitrogens with one attached hydrogen (secondary N) is 1. The lowest BCUT2D eigenvalue weighted by atomic mass is 10.0. The molecule has 0 aliphatic rings. The van der Waals surface area contributed by atoms with Gasteiger partial charge in [-0.2, -0.15) is 0 Å². The molecule has 14 heavy (non-hydrogen) atoms. The number of halogens is 1. The quantitative estimate of drug-likeness (QED) is 0.914. The van der Waals surface area contributed by atoms with Crippen molar-refractivity contribution < 1.29 is 4.74 Å². The van der Waals surface area contributed by atoms with Crippen LogP contribution in [0, 0.1) is 0 Å². The minimum atomic E-state index is 0.134. The van der Waals surface area contributed by atoms with Gasteiger partial charge in [0.15, 0.2) is 5.06 Å². The van der Waals surface area contributed by atoms with Crippen LogP contribution < -0.4 is 10.1 Å². The van der Waals surface area contributed by atoms with Crippen molar-refractivity contribution in [1.29, 1.82) is 0 Å². The van der Waals surface area contributed by atoms with Crippen LogP contribution in [0.4, 0.5) is 0 Å². The number of methoxy groups -OCH3 is 1. The van der Waals surface area contributed by atoms with Crippen LogP contribution in [0.5, 0.6) is 5.06 Å². The smallest absolute Gasteiger partial charge is 0.188 e. The van der Waals surface area contributed by atoms with Crippen LogP contribution in [0.25, 0.3) is 0 Å². The van der Waals surface area contributed by atoms with E-state index in [1.165, 1.54) is 4.88 Å². The molecule has 0 amide bonds. The fraction of sp³-hybridized carbons (Fsp3) is 0.600. The van der Waals surface area contributed by atoms with Gasteiger partial charge in [-0.15, -0.1) is 11.3 Å². The van der Waals surface area contributed by atoms with E-state index in [-0.39, 0.29) is 5.54 Å². The summed E-state index contributed by atoms with van der Waals surface area (Å²) in [6.45, 7) is 4.38. The normalized spacial score (nSPS) is 11.8. The van der Waals surface area contributed by atoms with Gasteiger partial charge in [0.2, 0.25) is 0 Å². The summed E-state index contributed by atoms with van der Waals surface area (Å²) in [5.41, 5.74) is 0.134. The van der Waals surface area contributed by atoms with E-state index in [0.717, 1.165) is 16.0 Å². The first kappa shape index (κ1) is 12.0. The van der Waals surface area contributed by atoms with Crippen LogP contribution >= 0.6 is 27.3 Å². The van der Waals surface area contributed by atoms with Gasteiger partial charge in [-0.05, 0) is 49.3 Å². The van der Waals surface area contributed by atoms with Gasteiger partial charge in [-0.25, -0.2) is 0 Å². The summed E-state index contributed by atoms with van der Waals surface area (Å²) in [6, 6.07) is 2.13. The highest BCUT2D eigenvalue weighted by atomic mass is 79.9. The van der Waals surface area contributed by atoms with Crippen molar-refractivity contribution in [3.63, 3.8) is 0 Å². The van der Waals surface area contributed by atoms with Gasteiger partial charge < -0.3 is 10.1 Å². The van der Waals surface area contributed by atoms with E-state index in [9.17, 15) is 0 Å². The Morgan fingerprint density at radius 1 is 1.57 bits per heavy atom. The van der Waals surface area contributed by atoms with Gasteiger partial charge in [0.05, 0.1) is 11.6 Å². The number of likely N-dealkylation sites (N-methyl/N-ethyl adjacent to an activating group) is 1. The average Bonchev–Trinajstić information content (AvgIpc) is 2.45. The predicted octanol–water partition coefficient (Wildman–Crippen LogP) is 3.06. The Labute approximate surface area is 97.8 Å². The van der Waals surface area contributed by atoms with Crippen LogP contribution in [0.15, 0.2) is 10.5 Å². The highest BCUT2D eigenvalue weighted by Crippen LogP contribution is 2.36. The summed E-state index contributed by atoms with van der Waals surface area (Å²) in [5, 5.41) is 4.24. The first-order valence-electron chi connectivity index (χ1n) is 4.49. The molecule has 1 heterocycles. The maximum absolute atomic E-state index is 5.23. The Bertz CT molecular complexity index is 309. The van der Waals surface area contributed by atoms with Gasteiger partial charge in [0.1, 0.15) is 0 Å². The van der Waals surface area contributed by atoms with E-state index in [2.05, 4.69) is 41.2 Å². The highest BCUT2D eigenvalue weighted by Gasteiger charge is 2.18. The topological polar surface area (TPSA) is 21.3 Å². The Kier molecular flexibility index (Phi) is 3.98. The van der Waals surface area contributed by atoms with E-state index in [1.807, 2.05) is 7.05 Å². The number of hydrogen-bond acceptors (Lipinski definition) is 3. The zero-order chi connectivity index (χ0) is 10.8. The zero-order valence-corrected chi connectivity index (χ0v) is 11.4. The van der Waals surface area contributed by atoms with Crippen LogP contribution in [0.1, 0.15) is 18.7 Å². The zero-order valence-electron chi connectivity index (χ0n) is 8.98. The first-order valence-corrected chi connectivity index (χ1v) is 6.10. The highest BCUT2D eigenvalue weighted by molar-refractivity contribution is 9.10. The molecule has 80 valence electrons. The maximum Gasteiger partial charge on any atom is 0.188 e. The molecule has 1 aromatic rings. The fourth-order valence-corrected chi connectivity index (χ4v) is 3.07. The summed E-state index contributed by atoms with van der Waals surface area (Å²) in [5.74, 6) is 0. The second-order valence-electron chi connectivity index (χ2n) is 3.86. The Hall–Kier alpha value is -0.0600. The standard InChI is InChI=1S/C10H16BrNOS/c1-10(2,12-3)6-7-5-8(11)9(13-4)14-7/h5,12H,6H2,1-4H3. The fourth-order valence-electron chi connectivity index (χ4n) is 1.15. The second kappa shape index (κ2) is 4.64. The summed E-state index contributed by atoms with van der Waals surface area (Å²) >= 11 is 5.16. The third kappa shape index (κ3) is 2.97. The lowest BCUT2D eigenvalue weighted by Crippen LogP contribution is -2.38. The van der Waals surface area contributed by atoms with Gasteiger partial charge in [-0.3, -0.25) is 0 Å². The third-order valence-electron chi connectivity index (χ3n) is 2.18. The lowest BCUT2D eigenvalue weighted by molar-refractivity contribution is 0.424. The van der Waals surface area contributed by atoms with Crippen molar-refractivity contribution in [2.45, 2.75) is 25.8 Å². The summed E-state index contributed by atoms with van der Waals surface area (Å²) in [6.07, 6.45) is 1.01. The molecule has 0 radical (unpaired) electrons. The summed E-state index contributed by atoms with van der Waals surface area (Å²) in [7, 11) is 3.68. The Morgan fingerprint density at radius 2 is 2.21 bits per heavy atom. The largest absolute Gasteiger partial charge is 0.486 e. The van der Waals surface area contributed by atoms with Gasteiger partial charge in [0.25, 0.3) is 0 Å². The van der Waals surface area contributed by atoms with Crippen molar-refractivity contribution >= 4 is 27.3 Å². The van der Waals surface area contributed by atoms with Gasteiger partial charge >= 0.3 is 0 Å². The molecule has 1 aromatic heterocycles. The monoisotopic (exact) mass is 277 g/mol. The predicted molar refractivity (Wildman–Crippen MR) is 65.4 cm³/mol. The molecular weight excluding hydrogens is 262 g/mol. The molecule has 0 bridgehead atoms. The van der Waals surface area contributed by atoms with Crippen molar-refractivity contribution in [2.75, 3.05) is 14.2 Å². The average molecular weight is 278 g/mol. The minimum Gasteiger partial charge on any atom is -0.486 e. The van der Waals surface area contributed by atoms with Crippen LogP contribution in [0.2, 0.25) is 0 Å². The Balaban J connectivity index is 2.77. The number of rotatable bonds is 4. The Morgan fingerprint density at radius 3 is 2.64 bits per heavy atom. The molecule has 4 heteroatoms. The molecule has 2 nitrogen and oxygen atoms in total. The summed E-state index contributed by atoms with van der Waals surface area (Å²) < 4.78 is 6.27. The van der Waals surface area contributed by atoms with Crippen molar-refractivity contribution in [1.82, 2.24) is 5.32 Å². The first-order chi connectivity index (χ1) is 6.48. The third-order valence-corrected chi connectivity index (χ3v) is 4.13. The molecule has 1 rings (SSSR count). The minimum absolute atomic E-state index is 0.134. The number of thiophene rings is 1. The lowest BCUT2D eigenvalue weighted by Gasteiger charge is -2.22. The van der Waals surface area contributed by atoms with Crippen LogP contribution in [-0.2, 0) is 6.42 Å². The van der Waals surface area contributed by atoms with Gasteiger partial charge in [0, 0.05) is 10.4 Å². The molecule has 0 unspecified atom stereocenters. The molecule has 0 saturated carbocycles. The molecule has 0 fully saturated rings. The molecule has 0 spiro atoms. The van der Waals surface area contributed by atoms with Crippen molar-refractivity contribution in [2.24, 2.45) is 0 Å². The number of hydrogen-bond donors (Lipinski definition) is 1.